The lowest BCUT2D eigenvalue weighted by atomic mass is 9.80. The number of nitrogens with one attached hydrogen (secondary N) is 1. The van der Waals surface area contributed by atoms with E-state index < -0.39 is 32.6 Å². The average molecular weight is 798 g/mol. The number of carbonyl (C=O) groups excluding carboxylic acids is 1. The Hall–Kier alpha value is -5.38. The second-order valence-electron chi connectivity index (χ2n) is 14.5. The van der Waals surface area contributed by atoms with Crippen molar-refractivity contribution in [3.05, 3.63) is 156 Å². The van der Waals surface area contributed by atoms with Gasteiger partial charge >= 0.3 is 0 Å². The molecule has 7 rings (SSSR count). The maximum absolute atomic E-state index is 13.1. The quantitative estimate of drug-likeness (QED) is 0.0541. The number of amides is 1. The van der Waals surface area contributed by atoms with Crippen LogP contribution in [-0.2, 0) is 24.1 Å². The highest BCUT2D eigenvalue weighted by atomic mass is 31.2. The third-order valence-corrected chi connectivity index (χ3v) is 12.2. The lowest BCUT2D eigenvalue weighted by Gasteiger charge is -2.39. The molecule has 1 aliphatic rings. The average Bonchev–Trinajstić information content (AvgIpc) is 3.87. The Morgan fingerprint density at radius 2 is 1.45 bits per heavy atom. The summed E-state index contributed by atoms with van der Waals surface area (Å²) in [6.07, 6.45) is 2.06. The monoisotopic (exact) mass is 797 g/mol. The van der Waals surface area contributed by atoms with Crippen LogP contribution >= 0.6 is 8.53 Å². The predicted octanol–water partition coefficient (Wildman–Crippen LogP) is 9.04. The lowest BCUT2D eigenvalue weighted by Crippen LogP contribution is -2.39. The molecule has 12 nitrogen and oxygen atoms in total. The molecule has 1 aliphatic heterocycles. The zero-order valence-corrected chi connectivity index (χ0v) is 34.0. The van der Waals surface area contributed by atoms with Crippen molar-refractivity contribution in [2.75, 3.05) is 18.5 Å². The van der Waals surface area contributed by atoms with E-state index in [-0.39, 0.29) is 37.6 Å². The van der Waals surface area contributed by atoms with E-state index in [1.54, 1.807) is 30.6 Å². The number of aromatic nitrogens is 4. The van der Waals surface area contributed by atoms with Crippen molar-refractivity contribution in [2.24, 2.45) is 0 Å². The fourth-order valence-corrected chi connectivity index (χ4v) is 9.20. The Bertz CT molecular complexity index is 2170. The summed E-state index contributed by atoms with van der Waals surface area (Å²) < 4.78 is 31.7. The molecule has 1 N–H and O–H groups in total. The number of carbonyl (C=O) groups is 1. The standard InChI is InChI=1S/C45H48N7O5P/c1-32(2)52(33(3)4)58(55-27-17-26-46)57-38-28-40(51-31-49-41-42(47-30-48-43(41)51)50-44(53)34-18-9-5-10-19-34)56-39(38)29-54-45(35-20-11-6-12-21-35,36-22-13-7-14-23-36)37-24-15-8-16-25-37/h5-16,18-25,30-33,38-40H,17,27-29H2,1-4H3,(H,47,48,50,53)/t38-,39+,40+,58?/m0/s1. The molecule has 0 spiro atoms. The van der Waals surface area contributed by atoms with Gasteiger partial charge in [0.15, 0.2) is 17.0 Å². The molecule has 0 radical (unpaired) electrons. The first kappa shape index (κ1) is 40.8. The lowest BCUT2D eigenvalue weighted by molar-refractivity contribution is -0.0912. The summed E-state index contributed by atoms with van der Waals surface area (Å²) >= 11 is 0. The van der Waals surface area contributed by atoms with Gasteiger partial charge in [0.2, 0.25) is 0 Å². The van der Waals surface area contributed by atoms with Gasteiger partial charge in [-0.1, -0.05) is 109 Å². The van der Waals surface area contributed by atoms with Crippen LogP contribution in [0, 0.1) is 11.3 Å². The number of fused-ring (bicyclic) bond motifs is 1. The molecule has 1 unspecified atom stereocenters. The highest BCUT2D eigenvalue weighted by Crippen LogP contribution is 2.51. The molecule has 1 amide bonds. The first-order valence-corrected chi connectivity index (χ1v) is 20.7. The fourth-order valence-electron chi connectivity index (χ4n) is 7.44. The summed E-state index contributed by atoms with van der Waals surface area (Å²) in [6.45, 7) is 8.82. The van der Waals surface area contributed by atoms with E-state index in [0.29, 0.717) is 29.0 Å². The van der Waals surface area contributed by atoms with Crippen LogP contribution in [0.3, 0.4) is 0 Å². The normalized spacial score (nSPS) is 17.5. The Balaban J connectivity index is 1.26. The van der Waals surface area contributed by atoms with E-state index in [0.717, 1.165) is 16.7 Å². The minimum atomic E-state index is -1.62. The smallest absolute Gasteiger partial charge is 0.259 e. The van der Waals surface area contributed by atoms with E-state index in [1.165, 1.54) is 6.33 Å². The molecule has 2 aromatic heterocycles. The third kappa shape index (κ3) is 8.86. The van der Waals surface area contributed by atoms with Gasteiger partial charge in [-0.2, -0.15) is 5.26 Å². The van der Waals surface area contributed by atoms with Crippen molar-refractivity contribution < 1.29 is 23.3 Å². The van der Waals surface area contributed by atoms with Crippen LogP contribution in [0.25, 0.3) is 11.2 Å². The van der Waals surface area contributed by atoms with Gasteiger partial charge in [0.05, 0.1) is 38.1 Å². The minimum absolute atomic E-state index is 0.0988. The van der Waals surface area contributed by atoms with Crippen molar-refractivity contribution in [3.63, 3.8) is 0 Å². The van der Waals surface area contributed by atoms with Crippen LogP contribution in [-0.4, -0.2) is 67.6 Å². The number of nitrogens with zero attached hydrogens (tertiary/aromatic N) is 6. The largest absolute Gasteiger partial charge is 0.358 e. The highest BCUT2D eigenvalue weighted by Gasteiger charge is 2.45. The van der Waals surface area contributed by atoms with Gasteiger partial charge in [0.25, 0.3) is 14.4 Å². The molecule has 0 saturated carbocycles. The van der Waals surface area contributed by atoms with Gasteiger partial charge in [-0.05, 0) is 56.5 Å². The summed E-state index contributed by atoms with van der Waals surface area (Å²) in [4.78, 5) is 26.7. The molecule has 58 heavy (non-hydrogen) atoms. The van der Waals surface area contributed by atoms with Crippen molar-refractivity contribution in [3.8, 4) is 6.07 Å². The number of ether oxygens (including phenoxy) is 2. The number of anilines is 1. The van der Waals surface area contributed by atoms with Crippen LogP contribution in [0.15, 0.2) is 134 Å². The molecule has 298 valence electrons. The van der Waals surface area contributed by atoms with Gasteiger partial charge in [-0.3, -0.25) is 9.36 Å². The van der Waals surface area contributed by atoms with Crippen molar-refractivity contribution in [1.82, 2.24) is 24.2 Å². The van der Waals surface area contributed by atoms with Gasteiger partial charge in [0.1, 0.15) is 24.3 Å². The highest BCUT2D eigenvalue weighted by molar-refractivity contribution is 7.44. The number of rotatable bonds is 17. The Morgan fingerprint density at radius 3 is 2.00 bits per heavy atom. The summed E-state index contributed by atoms with van der Waals surface area (Å²) in [7, 11) is -1.62. The molecule has 1 fully saturated rings. The number of hydrogen-bond donors (Lipinski definition) is 1. The summed E-state index contributed by atoms with van der Waals surface area (Å²) in [5.74, 6) is -0.0122. The van der Waals surface area contributed by atoms with Crippen molar-refractivity contribution in [2.45, 2.75) is 76.7 Å². The van der Waals surface area contributed by atoms with Gasteiger partial charge in [-0.25, -0.2) is 19.6 Å². The van der Waals surface area contributed by atoms with Crippen LogP contribution in [0.5, 0.6) is 0 Å². The molecule has 6 aromatic rings. The number of hydrogen-bond acceptors (Lipinski definition) is 10. The molecule has 13 heteroatoms. The zero-order chi connectivity index (χ0) is 40.5. The topological polar surface area (TPSA) is 137 Å². The maximum Gasteiger partial charge on any atom is 0.259 e. The third-order valence-electron chi connectivity index (χ3n) is 10.0. The van der Waals surface area contributed by atoms with E-state index in [9.17, 15) is 10.1 Å². The molecule has 0 bridgehead atoms. The van der Waals surface area contributed by atoms with Crippen LogP contribution < -0.4 is 5.32 Å². The Labute approximate surface area is 340 Å². The van der Waals surface area contributed by atoms with Gasteiger partial charge in [-0.15, -0.1) is 0 Å². The van der Waals surface area contributed by atoms with Crippen LogP contribution in [0.4, 0.5) is 5.82 Å². The first-order valence-electron chi connectivity index (χ1n) is 19.5. The zero-order valence-electron chi connectivity index (χ0n) is 33.1. The van der Waals surface area contributed by atoms with Crippen molar-refractivity contribution in [1.29, 1.82) is 5.26 Å². The van der Waals surface area contributed by atoms with E-state index in [1.807, 2.05) is 65.2 Å². The molecule has 4 aromatic carbocycles. The molecule has 4 atom stereocenters. The summed E-state index contributed by atoms with van der Waals surface area (Å²) in [6, 6.07) is 42.0. The van der Waals surface area contributed by atoms with Crippen LogP contribution in [0.1, 0.15) is 73.8 Å². The number of nitriles is 1. The van der Waals surface area contributed by atoms with E-state index >= 15 is 0 Å². The SMILES string of the molecule is CC(C)N(C(C)C)P(OCCC#N)O[C@H]1C[C@H](n2cnc3c(NC(=O)c4ccccc4)ncnc32)O[C@@H]1COC(c1ccccc1)(c1ccccc1)c1ccccc1. The van der Waals surface area contributed by atoms with Crippen LogP contribution in [0.2, 0.25) is 0 Å². The first-order chi connectivity index (χ1) is 28.3. The predicted molar refractivity (Wildman–Crippen MR) is 223 cm³/mol. The summed E-state index contributed by atoms with van der Waals surface area (Å²) in [5.41, 5.74) is 3.33. The second-order valence-corrected chi connectivity index (χ2v) is 15.9. The number of benzene rings is 4. The molecule has 0 aliphatic carbocycles. The molecule has 1 saturated heterocycles. The summed E-state index contributed by atoms with van der Waals surface area (Å²) in [5, 5.41) is 12.3. The van der Waals surface area contributed by atoms with Gasteiger partial charge < -0.3 is 23.8 Å². The van der Waals surface area contributed by atoms with E-state index in [4.69, 9.17) is 18.5 Å². The van der Waals surface area contributed by atoms with Gasteiger partial charge in [0, 0.05) is 24.1 Å². The maximum atomic E-state index is 13.1. The second kappa shape index (κ2) is 18.9. The molecular formula is C45H48N7O5P. The Morgan fingerprint density at radius 1 is 0.879 bits per heavy atom. The minimum Gasteiger partial charge on any atom is -0.358 e. The fraction of sp³-hybridized carbons (Fsp3) is 0.311. The van der Waals surface area contributed by atoms with E-state index in [2.05, 4.69) is 95.1 Å². The van der Waals surface area contributed by atoms with Crippen molar-refractivity contribution >= 4 is 31.4 Å². The Kier molecular flexibility index (Phi) is 13.3. The molecular weight excluding hydrogens is 750 g/mol. The number of imidazole rings is 1. The molecule has 3 heterocycles.